The van der Waals surface area contributed by atoms with Crippen molar-refractivity contribution in [2.24, 2.45) is 0 Å². The van der Waals surface area contributed by atoms with Crippen LogP contribution in [0, 0.1) is 19.7 Å². The average Bonchev–Trinajstić information content (AvgIpc) is 3.05. The Balaban J connectivity index is 1.95. The summed E-state index contributed by atoms with van der Waals surface area (Å²) in [7, 11) is -2.42. The Morgan fingerprint density at radius 3 is 2.45 bits per heavy atom. The molecule has 0 amide bonds. The molecule has 0 radical (unpaired) electrons. The molecule has 164 valence electrons. The third kappa shape index (κ3) is 4.92. The number of halogens is 1. The van der Waals surface area contributed by atoms with Gasteiger partial charge in [-0.15, -0.1) is 0 Å². The molecule has 3 aromatic rings. The van der Waals surface area contributed by atoms with E-state index in [2.05, 4.69) is 5.16 Å². The minimum atomic E-state index is -3.84. The highest BCUT2D eigenvalue weighted by atomic mass is 32.2. The molecule has 0 aliphatic heterocycles. The minimum absolute atomic E-state index is 0.0231. The van der Waals surface area contributed by atoms with Crippen LogP contribution in [0.2, 0.25) is 0 Å². The van der Waals surface area contributed by atoms with Crippen LogP contribution in [0.4, 0.5) is 4.39 Å². The summed E-state index contributed by atoms with van der Waals surface area (Å²) in [5.74, 6) is -0.826. The van der Waals surface area contributed by atoms with E-state index in [9.17, 15) is 17.6 Å². The van der Waals surface area contributed by atoms with Gasteiger partial charge in [-0.2, -0.15) is 4.31 Å². The van der Waals surface area contributed by atoms with Gasteiger partial charge in [-0.25, -0.2) is 17.6 Å². The first kappa shape index (κ1) is 22.4. The van der Waals surface area contributed by atoms with Crippen LogP contribution in [-0.2, 0) is 21.4 Å². The average molecular weight is 448 g/mol. The number of sulfonamides is 1. The third-order valence-electron chi connectivity index (χ3n) is 4.62. The largest absolute Gasteiger partial charge is 0.481 e. The van der Waals surface area contributed by atoms with Crippen LogP contribution < -0.4 is 4.74 Å². The van der Waals surface area contributed by atoms with Crippen molar-refractivity contribution in [1.29, 1.82) is 0 Å². The van der Waals surface area contributed by atoms with E-state index < -0.39 is 28.4 Å². The van der Waals surface area contributed by atoms with Crippen molar-refractivity contribution in [3.05, 3.63) is 65.3 Å². The highest BCUT2D eigenvalue weighted by Crippen LogP contribution is 2.36. The Hall–Kier alpha value is -3.24. The molecule has 31 heavy (non-hydrogen) atoms. The zero-order valence-corrected chi connectivity index (χ0v) is 17.9. The van der Waals surface area contributed by atoms with Gasteiger partial charge in [0.15, 0.2) is 6.61 Å². The lowest BCUT2D eigenvalue weighted by molar-refractivity contribution is -0.139. The van der Waals surface area contributed by atoms with Gasteiger partial charge in [-0.3, -0.25) is 0 Å². The second-order valence-electron chi connectivity index (χ2n) is 6.93. The van der Waals surface area contributed by atoms with E-state index in [1.165, 1.54) is 19.2 Å². The molecule has 0 saturated heterocycles. The van der Waals surface area contributed by atoms with Gasteiger partial charge in [-0.1, -0.05) is 11.2 Å². The zero-order valence-electron chi connectivity index (χ0n) is 17.1. The Labute approximate surface area is 178 Å². The normalized spacial score (nSPS) is 11.6. The SMILES string of the molecule is Cc1noc(C)c1-c1cc(CN(C)S(=O)(=O)c2ccc(F)cc2)ccc1OCC(=O)O. The quantitative estimate of drug-likeness (QED) is 0.562. The first-order valence-electron chi connectivity index (χ1n) is 9.22. The molecule has 0 fully saturated rings. The summed E-state index contributed by atoms with van der Waals surface area (Å²) in [5.41, 5.74) is 2.40. The maximum Gasteiger partial charge on any atom is 0.341 e. The number of hydrogen-bond donors (Lipinski definition) is 1. The molecule has 0 bridgehead atoms. The molecular weight excluding hydrogens is 427 g/mol. The molecule has 1 heterocycles. The molecule has 0 aliphatic rings. The second-order valence-corrected chi connectivity index (χ2v) is 8.97. The summed E-state index contributed by atoms with van der Waals surface area (Å²) in [6, 6.07) is 9.53. The van der Waals surface area contributed by atoms with Crippen molar-refractivity contribution in [1.82, 2.24) is 9.46 Å². The van der Waals surface area contributed by atoms with Crippen molar-refractivity contribution in [3.63, 3.8) is 0 Å². The van der Waals surface area contributed by atoms with Crippen LogP contribution in [0.1, 0.15) is 17.0 Å². The Kier molecular flexibility index (Phi) is 6.42. The van der Waals surface area contributed by atoms with E-state index in [0.717, 1.165) is 16.4 Å². The van der Waals surface area contributed by atoms with Crippen molar-refractivity contribution >= 4 is 16.0 Å². The van der Waals surface area contributed by atoms with Gasteiger partial charge in [-0.05, 0) is 55.8 Å². The monoisotopic (exact) mass is 448 g/mol. The van der Waals surface area contributed by atoms with E-state index in [0.29, 0.717) is 33.9 Å². The molecule has 1 N–H and O–H groups in total. The number of nitrogens with zero attached hydrogens (tertiary/aromatic N) is 2. The van der Waals surface area contributed by atoms with E-state index in [1.54, 1.807) is 32.0 Å². The Morgan fingerprint density at radius 1 is 1.19 bits per heavy atom. The number of carbonyl (C=O) groups is 1. The minimum Gasteiger partial charge on any atom is -0.481 e. The first-order valence-corrected chi connectivity index (χ1v) is 10.7. The fourth-order valence-corrected chi connectivity index (χ4v) is 4.29. The molecule has 10 heteroatoms. The molecule has 0 unspecified atom stereocenters. The van der Waals surface area contributed by atoms with Crippen LogP contribution in [0.25, 0.3) is 11.1 Å². The summed E-state index contributed by atoms with van der Waals surface area (Å²) in [6.07, 6.45) is 0. The maximum atomic E-state index is 13.1. The fraction of sp³-hybridized carbons (Fsp3) is 0.238. The van der Waals surface area contributed by atoms with Crippen LogP contribution in [0.15, 0.2) is 51.9 Å². The van der Waals surface area contributed by atoms with Crippen molar-refractivity contribution in [2.75, 3.05) is 13.7 Å². The standard InChI is InChI=1S/C21H21FN2O6S/c1-13-21(14(2)30-23-13)18-10-15(4-9-19(18)29-12-20(25)26)11-24(3)31(27,28)17-7-5-16(22)6-8-17/h4-10H,11-12H2,1-3H3,(H,25,26). The summed E-state index contributed by atoms with van der Waals surface area (Å²) >= 11 is 0. The van der Waals surface area contributed by atoms with Crippen molar-refractivity contribution < 1.29 is 32.0 Å². The lowest BCUT2D eigenvalue weighted by atomic mass is 10.0. The molecule has 1 aromatic heterocycles. The van der Waals surface area contributed by atoms with E-state index in [1.807, 2.05) is 0 Å². The van der Waals surface area contributed by atoms with Crippen LogP contribution in [0.3, 0.4) is 0 Å². The van der Waals surface area contributed by atoms with E-state index in [-0.39, 0.29) is 11.4 Å². The molecule has 8 nitrogen and oxygen atoms in total. The number of aryl methyl sites for hydroxylation is 2. The zero-order chi connectivity index (χ0) is 22.8. The molecule has 0 spiro atoms. The number of aromatic nitrogens is 1. The van der Waals surface area contributed by atoms with Gasteiger partial charge in [0.05, 0.1) is 16.2 Å². The van der Waals surface area contributed by atoms with E-state index in [4.69, 9.17) is 14.4 Å². The van der Waals surface area contributed by atoms with Gasteiger partial charge in [0.2, 0.25) is 10.0 Å². The summed E-state index contributed by atoms with van der Waals surface area (Å²) in [4.78, 5) is 10.9. The number of carboxylic acid groups (broad SMARTS) is 1. The van der Waals surface area contributed by atoms with Gasteiger partial charge >= 0.3 is 5.97 Å². The molecule has 2 aromatic carbocycles. The summed E-state index contributed by atoms with van der Waals surface area (Å²) in [6.45, 7) is 2.95. The third-order valence-corrected chi connectivity index (χ3v) is 6.44. The topological polar surface area (TPSA) is 110 Å². The number of rotatable bonds is 8. The number of carboxylic acids is 1. The highest BCUT2D eigenvalue weighted by molar-refractivity contribution is 7.89. The molecule has 0 aliphatic carbocycles. The van der Waals surface area contributed by atoms with Gasteiger partial charge in [0.25, 0.3) is 0 Å². The predicted octanol–water partition coefficient (Wildman–Crippen LogP) is 3.38. The summed E-state index contributed by atoms with van der Waals surface area (Å²) < 4.78 is 50.5. The van der Waals surface area contributed by atoms with Crippen LogP contribution in [-0.4, -0.2) is 42.6 Å². The van der Waals surface area contributed by atoms with Crippen LogP contribution >= 0.6 is 0 Å². The lowest BCUT2D eigenvalue weighted by Crippen LogP contribution is -2.26. The van der Waals surface area contributed by atoms with E-state index >= 15 is 0 Å². The molecule has 0 atom stereocenters. The highest BCUT2D eigenvalue weighted by Gasteiger charge is 2.23. The number of hydrogen-bond acceptors (Lipinski definition) is 6. The van der Waals surface area contributed by atoms with Crippen molar-refractivity contribution in [3.8, 4) is 16.9 Å². The number of aliphatic carboxylic acids is 1. The molecular formula is C21H21FN2O6S. The summed E-state index contributed by atoms with van der Waals surface area (Å²) in [5, 5.41) is 12.9. The molecule has 3 rings (SSSR count). The van der Waals surface area contributed by atoms with Gasteiger partial charge < -0.3 is 14.4 Å². The predicted molar refractivity (Wildman–Crippen MR) is 110 cm³/mol. The molecule has 0 saturated carbocycles. The first-order chi connectivity index (χ1) is 14.6. The smallest absolute Gasteiger partial charge is 0.341 e. The van der Waals surface area contributed by atoms with Gasteiger partial charge in [0.1, 0.15) is 17.3 Å². The van der Waals surface area contributed by atoms with Gasteiger partial charge in [0, 0.05) is 19.2 Å². The Bertz CT molecular complexity index is 1190. The fourth-order valence-electron chi connectivity index (χ4n) is 3.13. The number of benzene rings is 2. The van der Waals surface area contributed by atoms with Crippen molar-refractivity contribution in [2.45, 2.75) is 25.3 Å². The maximum absolute atomic E-state index is 13.1. The number of ether oxygens (including phenoxy) is 1. The lowest BCUT2D eigenvalue weighted by Gasteiger charge is -2.19. The van der Waals surface area contributed by atoms with Crippen LogP contribution in [0.5, 0.6) is 5.75 Å². The Morgan fingerprint density at radius 2 is 1.87 bits per heavy atom. The second kappa shape index (κ2) is 8.86.